The monoisotopic (exact) mass is 370 g/mol. The number of hydrogen-bond acceptors (Lipinski definition) is 6. The van der Waals surface area contributed by atoms with Gasteiger partial charge in [0.05, 0.1) is 6.10 Å². The Morgan fingerprint density at radius 3 is 2.44 bits per heavy atom. The summed E-state index contributed by atoms with van der Waals surface area (Å²) in [5.74, 6) is -0.289. The Morgan fingerprint density at radius 1 is 1.22 bits per heavy atom. The summed E-state index contributed by atoms with van der Waals surface area (Å²) in [7, 11) is 3.77. The van der Waals surface area contributed by atoms with Crippen LogP contribution in [-0.2, 0) is 17.8 Å². The van der Waals surface area contributed by atoms with E-state index in [2.05, 4.69) is 14.9 Å². The second-order valence-corrected chi connectivity index (χ2v) is 7.41. The maximum absolute atomic E-state index is 12.1. The highest BCUT2D eigenvalue weighted by atomic mass is 16.4. The van der Waals surface area contributed by atoms with Crippen LogP contribution in [0.3, 0.4) is 0 Å². The number of anilines is 1. The van der Waals surface area contributed by atoms with Crippen molar-refractivity contribution in [1.82, 2.24) is 14.9 Å². The first-order chi connectivity index (χ1) is 12.9. The highest BCUT2D eigenvalue weighted by molar-refractivity contribution is 5.76. The number of aliphatic hydroxyl groups is 1. The average molecular weight is 370 g/mol. The van der Waals surface area contributed by atoms with Crippen LogP contribution >= 0.6 is 0 Å². The second kappa shape index (κ2) is 8.02. The summed E-state index contributed by atoms with van der Waals surface area (Å²) >= 11 is 0. The minimum atomic E-state index is -1.15. The molecule has 7 heteroatoms. The Balaban J connectivity index is 1.68. The summed E-state index contributed by atoms with van der Waals surface area (Å²) in [6.07, 6.45) is 3.34. The molecule has 144 valence electrons. The Labute approximate surface area is 159 Å². The van der Waals surface area contributed by atoms with Gasteiger partial charge < -0.3 is 15.1 Å². The predicted octanol–water partition coefficient (Wildman–Crippen LogP) is 1.42. The van der Waals surface area contributed by atoms with Crippen molar-refractivity contribution in [1.29, 1.82) is 0 Å². The van der Waals surface area contributed by atoms with Crippen LogP contribution in [0.15, 0.2) is 42.7 Å². The number of carboxylic acids is 1. The second-order valence-electron chi connectivity index (χ2n) is 7.41. The highest BCUT2D eigenvalue weighted by Crippen LogP contribution is 2.36. The van der Waals surface area contributed by atoms with Crippen LogP contribution in [0.2, 0.25) is 0 Å². The van der Waals surface area contributed by atoms with E-state index in [1.807, 2.05) is 49.3 Å². The summed E-state index contributed by atoms with van der Waals surface area (Å²) in [5, 5.41) is 20.6. The van der Waals surface area contributed by atoms with Crippen molar-refractivity contribution in [2.75, 3.05) is 32.1 Å². The normalized spacial score (nSPS) is 23.1. The van der Waals surface area contributed by atoms with Crippen LogP contribution in [0.25, 0.3) is 0 Å². The summed E-state index contributed by atoms with van der Waals surface area (Å²) in [6, 6.07) is 9.51. The van der Waals surface area contributed by atoms with Crippen LogP contribution in [0.5, 0.6) is 0 Å². The summed E-state index contributed by atoms with van der Waals surface area (Å²) in [5.41, 5.74) is 0.724. The molecular formula is C20H26N4O3. The number of β-amino-alcohol motifs (C(OH)–C–C–N with tert-alkyl or cyclic N) is 1. The Hall–Kier alpha value is -2.51. The summed E-state index contributed by atoms with van der Waals surface area (Å²) in [6.45, 7) is 1.51. The number of piperidine rings is 1. The van der Waals surface area contributed by atoms with Gasteiger partial charge in [-0.3, -0.25) is 9.69 Å². The van der Waals surface area contributed by atoms with E-state index in [0.717, 1.165) is 11.1 Å². The number of aromatic nitrogens is 2. The molecule has 2 aromatic rings. The molecule has 1 aliphatic rings. The minimum Gasteiger partial charge on any atom is -0.481 e. The van der Waals surface area contributed by atoms with Crippen molar-refractivity contribution >= 4 is 11.9 Å². The molecule has 0 radical (unpaired) electrons. The molecule has 0 amide bonds. The lowest BCUT2D eigenvalue weighted by Crippen LogP contribution is -2.55. The molecular weight excluding hydrogens is 344 g/mol. The van der Waals surface area contributed by atoms with Crippen molar-refractivity contribution < 1.29 is 15.0 Å². The third-order valence-corrected chi connectivity index (χ3v) is 5.23. The van der Waals surface area contributed by atoms with Gasteiger partial charge in [0, 0.05) is 45.1 Å². The molecule has 27 heavy (non-hydrogen) atoms. The molecule has 0 unspecified atom stereocenters. The van der Waals surface area contributed by atoms with Crippen molar-refractivity contribution in [2.45, 2.75) is 25.5 Å². The fraction of sp³-hybridized carbons (Fsp3) is 0.450. The highest BCUT2D eigenvalue weighted by Gasteiger charge is 2.48. The van der Waals surface area contributed by atoms with E-state index in [1.54, 1.807) is 12.4 Å². The zero-order valence-electron chi connectivity index (χ0n) is 15.7. The molecule has 1 aromatic heterocycles. The molecule has 1 aliphatic heterocycles. The molecule has 1 saturated heterocycles. The van der Waals surface area contributed by atoms with E-state index in [0.29, 0.717) is 38.4 Å². The minimum absolute atomic E-state index is 0.314. The number of carbonyl (C=O) groups is 1. The van der Waals surface area contributed by atoms with E-state index >= 15 is 0 Å². The van der Waals surface area contributed by atoms with Gasteiger partial charge >= 0.3 is 5.97 Å². The predicted molar refractivity (Wildman–Crippen MR) is 102 cm³/mol. The Kier molecular flexibility index (Phi) is 5.72. The van der Waals surface area contributed by atoms with Crippen LogP contribution in [0, 0.1) is 5.41 Å². The fourth-order valence-electron chi connectivity index (χ4n) is 3.59. The zero-order valence-corrected chi connectivity index (χ0v) is 15.7. The first-order valence-electron chi connectivity index (χ1n) is 9.07. The maximum Gasteiger partial charge on any atom is 0.312 e. The molecule has 0 bridgehead atoms. The van der Waals surface area contributed by atoms with Gasteiger partial charge in [-0.05, 0) is 24.9 Å². The molecule has 2 N–H and O–H groups in total. The number of aliphatic hydroxyl groups excluding tert-OH is 1. The van der Waals surface area contributed by atoms with E-state index in [9.17, 15) is 15.0 Å². The smallest absolute Gasteiger partial charge is 0.312 e. The first kappa shape index (κ1) is 19.3. The van der Waals surface area contributed by atoms with Gasteiger partial charge in [-0.25, -0.2) is 9.97 Å². The number of hydrogen-bond donors (Lipinski definition) is 2. The van der Waals surface area contributed by atoms with Crippen molar-refractivity contribution in [3.05, 3.63) is 53.9 Å². The lowest BCUT2D eigenvalue weighted by atomic mass is 9.71. The molecule has 3 rings (SSSR count). The van der Waals surface area contributed by atoms with E-state index in [-0.39, 0.29) is 0 Å². The largest absolute Gasteiger partial charge is 0.481 e. The van der Waals surface area contributed by atoms with Crippen LogP contribution < -0.4 is 4.90 Å². The number of likely N-dealkylation sites (tertiary alicyclic amines) is 1. The summed E-state index contributed by atoms with van der Waals surface area (Å²) in [4.78, 5) is 24.6. The van der Waals surface area contributed by atoms with Crippen LogP contribution in [0.4, 0.5) is 5.95 Å². The maximum atomic E-state index is 12.1. The molecule has 0 spiro atoms. The molecule has 7 nitrogen and oxygen atoms in total. The SMILES string of the molecule is CN(C)c1ncc(CN2CC[C@](Cc3ccccc3)(C(=O)O)[C@H](O)C2)cn1. The number of nitrogens with zero attached hydrogens (tertiary/aromatic N) is 4. The third-order valence-electron chi connectivity index (χ3n) is 5.23. The van der Waals surface area contributed by atoms with Crippen molar-refractivity contribution in [3.8, 4) is 0 Å². The first-order valence-corrected chi connectivity index (χ1v) is 9.07. The topological polar surface area (TPSA) is 89.8 Å². The van der Waals surface area contributed by atoms with E-state index in [4.69, 9.17) is 0 Å². The quantitative estimate of drug-likeness (QED) is 0.795. The summed E-state index contributed by atoms with van der Waals surface area (Å²) < 4.78 is 0. The number of carboxylic acid groups (broad SMARTS) is 1. The van der Waals surface area contributed by atoms with E-state index < -0.39 is 17.5 Å². The van der Waals surface area contributed by atoms with Gasteiger partial charge in [-0.1, -0.05) is 30.3 Å². The molecule has 2 atom stereocenters. The lowest BCUT2D eigenvalue weighted by molar-refractivity contribution is -0.163. The third kappa shape index (κ3) is 4.26. The average Bonchev–Trinajstić information content (AvgIpc) is 2.65. The molecule has 0 saturated carbocycles. The van der Waals surface area contributed by atoms with Gasteiger partial charge in [0.15, 0.2) is 0 Å². The number of benzene rings is 1. The van der Waals surface area contributed by atoms with Crippen molar-refractivity contribution in [3.63, 3.8) is 0 Å². The van der Waals surface area contributed by atoms with Gasteiger partial charge in [-0.2, -0.15) is 0 Å². The Bertz CT molecular complexity index is 767. The van der Waals surface area contributed by atoms with Gasteiger partial charge in [0.1, 0.15) is 5.41 Å². The molecule has 0 aliphatic carbocycles. The van der Waals surface area contributed by atoms with Gasteiger partial charge in [0.2, 0.25) is 5.95 Å². The standard InChI is InChI=1S/C20H26N4O3/c1-23(2)19-21-11-16(12-22-19)13-24-9-8-20(18(26)27,17(25)14-24)10-15-6-4-3-5-7-15/h3-7,11-12,17,25H,8-10,13-14H2,1-2H3,(H,26,27)/t17-,20-/m1/s1. The van der Waals surface area contributed by atoms with Gasteiger partial charge in [0.25, 0.3) is 0 Å². The number of rotatable bonds is 6. The lowest BCUT2D eigenvalue weighted by Gasteiger charge is -2.43. The van der Waals surface area contributed by atoms with Crippen LogP contribution in [0.1, 0.15) is 17.5 Å². The number of aliphatic carboxylic acids is 1. The fourth-order valence-corrected chi connectivity index (χ4v) is 3.59. The Morgan fingerprint density at radius 2 is 1.89 bits per heavy atom. The zero-order chi connectivity index (χ0) is 19.4. The molecule has 1 aromatic carbocycles. The van der Waals surface area contributed by atoms with E-state index in [1.165, 1.54) is 0 Å². The van der Waals surface area contributed by atoms with Gasteiger partial charge in [-0.15, -0.1) is 0 Å². The molecule has 2 heterocycles. The van der Waals surface area contributed by atoms with Crippen molar-refractivity contribution in [2.24, 2.45) is 5.41 Å². The molecule has 1 fully saturated rings. The van der Waals surface area contributed by atoms with Crippen LogP contribution in [-0.4, -0.2) is 64.3 Å².